The van der Waals surface area contributed by atoms with E-state index < -0.39 is 0 Å². The lowest BCUT2D eigenvalue weighted by Crippen LogP contribution is -2.34. The Labute approximate surface area is 98.8 Å². The van der Waals surface area contributed by atoms with E-state index >= 15 is 0 Å². The second-order valence-corrected chi connectivity index (χ2v) is 4.81. The van der Waals surface area contributed by atoms with Gasteiger partial charge in [-0.2, -0.15) is 0 Å². The molecular weight excluding hydrogens is 218 g/mol. The Morgan fingerprint density at radius 3 is 2.65 bits per heavy atom. The molecule has 5 nitrogen and oxygen atoms in total. The van der Waals surface area contributed by atoms with Gasteiger partial charge >= 0.3 is 0 Å². The van der Waals surface area contributed by atoms with Crippen LogP contribution < -0.4 is 10.7 Å². The molecule has 1 aromatic rings. The monoisotopic (exact) mass is 233 g/mol. The highest BCUT2D eigenvalue weighted by Gasteiger charge is 2.38. The first-order valence-corrected chi connectivity index (χ1v) is 5.93. The summed E-state index contributed by atoms with van der Waals surface area (Å²) in [5.41, 5.74) is 0.0457. The van der Waals surface area contributed by atoms with Crippen LogP contribution >= 0.6 is 0 Å². The van der Waals surface area contributed by atoms with Crippen LogP contribution in [0.3, 0.4) is 0 Å². The Hall–Kier alpha value is -1.62. The number of carbonyl (C=O) groups excluding carboxylic acids is 1. The summed E-state index contributed by atoms with van der Waals surface area (Å²) in [5.74, 6) is 0.977. The number of hydrogen-bond donors (Lipinski definition) is 2. The standard InChI is InChI=1S/C12H15N3O2/c16-11-1-2-13-5-10(11)12(17)15-6-8-3-14-4-9(8)7-15/h1-2,5,8-9,14H,3-4,6-7H2,(H,13,16)/t8-,9+. The molecule has 0 aromatic carbocycles. The molecule has 2 aliphatic rings. The van der Waals surface area contributed by atoms with Gasteiger partial charge in [0.2, 0.25) is 0 Å². The fourth-order valence-corrected chi connectivity index (χ4v) is 2.77. The number of H-pyrrole nitrogens is 1. The number of fused-ring (bicyclic) bond motifs is 1. The van der Waals surface area contributed by atoms with Crippen molar-refractivity contribution in [2.24, 2.45) is 11.8 Å². The number of rotatable bonds is 1. The van der Waals surface area contributed by atoms with Crippen LogP contribution in [0.1, 0.15) is 10.4 Å². The van der Waals surface area contributed by atoms with E-state index in [9.17, 15) is 9.59 Å². The second-order valence-electron chi connectivity index (χ2n) is 4.81. The van der Waals surface area contributed by atoms with E-state index in [4.69, 9.17) is 0 Å². The van der Waals surface area contributed by atoms with Gasteiger partial charge in [0.15, 0.2) is 5.43 Å². The number of aromatic amines is 1. The van der Waals surface area contributed by atoms with Crippen molar-refractivity contribution in [1.29, 1.82) is 0 Å². The lowest BCUT2D eigenvalue weighted by molar-refractivity contribution is 0.0780. The third-order valence-corrected chi connectivity index (χ3v) is 3.73. The van der Waals surface area contributed by atoms with Gasteiger partial charge in [-0.25, -0.2) is 0 Å². The molecule has 1 aromatic heterocycles. The minimum atomic E-state index is -0.205. The lowest BCUT2D eigenvalue weighted by Gasteiger charge is -2.16. The maximum absolute atomic E-state index is 12.2. The average molecular weight is 233 g/mol. The molecule has 3 rings (SSSR count). The van der Waals surface area contributed by atoms with Crippen LogP contribution in [-0.4, -0.2) is 42.0 Å². The highest BCUT2D eigenvalue weighted by atomic mass is 16.2. The van der Waals surface area contributed by atoms with Crippen molar-refractivity contribution in [3.8, 4) is 0 Å². The quantitative estimate of drug-likeness (QED) is 0.698. The Balaban J connectivity index is 1.80. The summed E-state index contributed by atoms with van der Waals surface area (Å²) >= 11 is 0. The second kappa shape index (κ2) is 4.00. The van der Waals surface area contributed by atoms with E-state index in [0.29, 0.717) is 11.8 Å². The van der Waals surface area contributed by atoms with Crippen molar-refractivity contribution in [2.45, 2.75) is 0 Å². The van der Waals surface area contributed by atoms with Crippen LogP contribution in [0, 0.1) is 11.8 Å². The van der Waals surface area contributed by atoms with Gasteiger partial charge in [-0.1, -0.05) is 0 Å². The van der Waals surface area contributed by atoms with E-state index in [1.807, 2.05) is 0 Å². The van der Waals surface area contributed by atoms with Crippen molar-refractivity contribution < 1.29 is 4.79 Å². The van der Waals surface area contributed by atoms with E-state index in [1.165, 1.54) is 12.3 Å². The van der Waals surface area contributed by atoms with E-state index in [2.05, 4.69) is 10.3 Å². The van der Waals surface area contributed by atoms with Crippen molar-refractivity contribution in [2.75, 3.05) is 26.2 Å². The minimum absolute atomic E-state index is 0.138. The van der Waals surface area contributed by atoms with Crippen molar-refractivity contribution in [1.82, 2.24) is 15.2 Å². The summed E-state index contributed by atoms with van der Waals surface area (Å²) in [4.78, 5) is 28.4. The summed E-state index contributed by atoms with van der Waals surface area (Å²) < 4.78 is 0. The molecule has 0 bridgehead atoms. The molecule has 0 radical (unpaired) electrons. The third-order valence-electron chi connectivity index (χ3n) is 3.73. The fourth-order valence-electron chi connectivity index (χ4n) is 2.77. The number of aromatic nitrogens is 1. The van der Waals surface area contributed by atoms with Crippen LogP contribution in [0.2, 0.25) is 0 Å². The van der Waals surface area contributed by atoms with Gasteiger partial charge in [0.1, 0.15) is 5.56 Å². The van der Waals surface area contributed by atoms with Crippen LogP contribution in [0.4, 0.5) is 0 Å². The van der Waals surface area contributed by atoms with Crippen molar-refractivity contribution in [3.05, 3.63) is 34.2 Å². The molecule has 2 saturated heterocycles. The number of nitrogens with one attached hydrogen (secondary N) is 2. The Bertz CT molecular complexity index is 485. The third kappa shape index (κ3) is 1.76. The van der Waals surface area contributed by atoms with Gasteiger partial charge in [-0.05, 0) is 11.8 Å². The van der Waals surface area contributed by atoms with Gasteiger partial charge in [0.25, 0.3) is 5.91 Å². The van der Waals surface area contributed by atoms with Crippen molar-refractivity contribution in [3.63, 3.8) is 0 Å². The molecule has 0 saturated carbocycles. The lowest BCUT2D eigenvalue weighted by atomic mass is 10.0. The molecule has 90 valence electrons. The number of carbonyl (C=O) groups is 1. The minimum Gasteiger partial charge on any atom is -0.367 e. The number of hydrogen-bond acceptors (Lipinski definition) is 3. The largest absolute Gasteiger partial charge is 0.367 e. The maximum atomic E-state index is 12.2. The van der Waals surface area contributed by atoms with Crippen molar-refractivity contribution >= 4 is 5.91 Å². The summed E-state index contributed by atoms with van der Waals surface area (Å²) in [6, 6.07) is 1.39. The summed E-state index contributed by atoms with van der Waals surface area (Å²) in [5, 5.41) is 3.33. The number of likely N-dealkylation sites (tertiary alicyclic amines) is 1. The molecule has 3 heterocycles. The SMILES string of the molecule is O=C(c1c[nH]ccc1=O)N1C[C@H]2CNC[C@H]2C1. The molecule has 0 aliphatic carbocycles. The van der Waals surface area contributed by atoms with Crippen LogP contribution in [-0.2, 0) is 0 Å². The first-order valence-electron chi connectivity index (χ1n) is 5.93. The smallest absolute Gasteiger partial charge is 0.259 e. The van der Waals surface area contributed by atoms with Gasteiger partial charge in [-0.15, -0.1) is 0 Å². The predicted octanol–water partition coefficient (Wildman–Crippen LogP) is -0.334. The molecule has 2 N–H and O–H groups in total. The summed E-state index contributed by atoms with van der Waals surface area (Å²) in [7, 11) is 0. The number of nitrogens with zero attached hydrogens (tertiary/aromatic N) is 1. The van der Waals surface area contributed by atoms with E-state index in [0.717, 1.165) is 26.2 Å². The van der Waals surface area contributed by atoms with E-state index in [1.54, 1.807) is 11.1 Å². The molecular formula is C12H15N3O2. The number of pyridine rings is 1. The topological polar surface area (TPSA) is 65.2 Å². The van der Waals surface area contributed by atoms with Gasteiger partial charge < -0.3 is 15.2 Å². The molecule has 2 fully saturated rings. The molecule has 0 unspecified atom stereocenters. The van der Waals surface area contributed by atoms with Gasteiger partial charge in [-0.3, -0.25) is 9.59 Å². The Morgan fingerprint density at radius 2 is 2.00 bits per heavy atom. The zero-order valence-corrected chi connectivity index (χ0v) is 9.48. The fraction of sp³-hybridized carbons (Fsp3) is 0.500. The highest BCUT2D eigenvalue weighted by Crippen LogP contribution is 2.26. The van der Waals surface area contributed by atoms with Crippen LogP contribution in [0.15, 0.2) is 23.3 Å². The molecule has 2 atom stereocenters. The van der Waals surface area contributed by atoms with Gasteiger partial charge in [0, 0.05) is 44.6 Å². The molecule has 0 spiro atoms. The maximum Gasteiger partial charge on any atom is 0.259 e. The Morgan fingerprint density at radius 1 is 1.29 bits per heavy atom. The van der Waals surface area contributed by atoms with Gasteiger partial charge in [0.05, 0.1) is 0 Å². The summed E-state index contributed by atoms with van der Waals surface area (Å²) in [6.45, 7) is 3.51. The normalized spacial score (nSPS) is 27.2. The number of amides is 1. The highest BCUT2D eigenvalue weighted by molar-refractivity contribution is 5.94. The van der Waals surface area contributed by atoms with E-state index in [-0.39, 0.29) is 16.9 Å². The van der Waals surface area contributed by atoms with Crippen LogP contribution in [0.25, 0.3) is 0 Å². The summed E-state index contributed by atoms with van der Waals surface area (Å²) in [6.07, 6.45) is 3.04. The Kier molecular flexibility index (Phi) is 2.48. The molecule has 2 aliphatic heterocycles. The molecule has 5 heteroatoms. The zero-order chi connectivity index (χ0) is 11.8. The first kappa shape index (κ1) is 10.5. The predicted molar refractivity (Wildman–Crippen MR) is 62.8 cm³/mol. The molecule has 1 amide bonds. The van der Waals surface area contributed by atoms with Crippen LogP contribution in [0.5, 0.6) is 0 Å². The average Bonchev–Trinajstić information content (AvgIpc) is 2.88. The first-order chi connectivity index (χ1) is 8.25. The zero-order valence-electron chi connectivity index (χ0n) is 9.48. The molecule has 17 heavy (non-hydrogen) atoms.